The zero-order chi connectivity index (χ0) is 28.3. The monoisotopic (exact) mass is 571 g/mol. The van der Waals surface area contributed by atoms with Crippen molar-refractivity contribution in [3.8, 4) is 18.1 Å². The molecule has 6 atom stereocenters. The predicted octanol–water partition coefficient (Wildman–Crippen LogP) is 3.97. The topological polar surface area (TPSA) is 135 Å². The Bertz CT molecular complexity index is 1310. The number of hydrogen-bond acceptors (Lipinski definition) is 10. The molecule has 0 aliphatic carbocycles. The van der Waals surface area contributed by atoms with Crippen molar-refractivity contribution in [2.75, 3.05) is 18.5 Å². The smallest absolute Gasteiger partial charge is 0.380 e. The van der Waals surface area contributed by atoms with Crippen molar-refractivity contribution in [2.45, 2.75) is 50.7 Å². The van der Waals surface area contributed by atoms with Crippen LogP contribution in [0, 0.1) is 23.0 Å². The number of anilines is 1. The van der Waals surface area contributed by atoms with E-state index in [1.807, 2.05) is 0 Å². The number of ether oxygens (including phenoxy) is 2. The lowest BCUT2D eigenvalue weighted by Gasteiger charge is -2.27. The number of nitrogens with zero attached hydrogens (tertiary/aromatic N) is 2. The number of nitrogens with two attached hydrogens (primary N) is 1. The average Bonchev–Trinajstić information content (AvgIpc) is 3.05. The van der Waals surface area contributed by atoms with Gasteiger partial charge >= 0.3 is 13.6 Å². The molecule has 0 amide bonds. The fourth-order valence-corrected chi connectivity index (χ4v) is 5.74. The molecule has 0 bridgehead atoms. The summed E-state index contributed by atoms with van der Waals surface area (Å²) in [5.74, 6) is -3.16. The molecule has 1 saturated heterocycles. The number of carbonyl (C=O) groups is 1. The maximum absolute atomic E-state index is 16.0. The van der Waals surface area contributed by atoms with Crippen LogP contribution in [0.25, 0.3) is 0 Å². The molecular weight excluding hydrogens is 543 g/mol. The summed E-state index contributed by atoms with van der Waals surface area (Å²) in [5.41, 5.74) is 2.43. The third-order valence-corrected chi connectivity index (χ3v) is 7.80. The number of benzene rings is 1. The Labute approximate surface area is 223 Å². The highest BCUT2D eigenvalue weighted by Gasteiger charge is 2.67. The number of aromatic nitrogens is 2. The molecule has 1 aliphatic heterocycles. The van der Waals surface area contributed by atoms with Crippen LogP contribution >= 0.6 is 19.8 Å². The van der Waals surface area contributed by atoms with Gasteiger partial charge in [-0.1, -0.05) is 31.0 Å². The van der Waals surface area contributed by atoms with Crippen molar-refractivity contribution in [3.05, 3.63) is 47.4 Å². The van der Waals surface area contributed by atoms with Gasteiger partial charge in [0.25, 0.3) is 5.85 Å². The number of hydrogen-bond donors (Lipinski definition) is 2. The lowest BCUT2D eigenvalue weighted by atomic mass is 9.96. The van der Waals surface area contributed by atoms with Gasteiger partial charge in [-0.2, -0.15) is 0 Å². The van der Waals surface area contributed by atoms with Gasteiger partial charge < -0.3 is 24.8 Å². The molecule has 3 N–H and O–H groups in total. The second kappa shape index (κ2) is 11.5. The van der Waals surface area contributed by atoms with Crippen molar-refractivity contribution >= 4 is 31.6 Å². The highest BCUT2D eigenvalue weighted by molar-refractivity contribution is 7.71. The van der Waals surface area contributed by atoms with Crippen molar-refractivity contribution in [1.82, 2.24) is 9.55 Å². The molecule has 2 unspecified atom stereocenters. The first kappa shape index (κ1) is 29.7. The standard InChI is InChI=1S/C24H28F2N3O7PS/c1-5-23(25)20(31)24(26,35-21(23)29-12-11-18(27)28-22(29)38)14-33-37(32,36-17-9-7-6-8-10-17)13-16(4)19(30)34-15(2)3/h1,6-12,15-16,20-21,31H,13-14H2,2-4H3,(H2,27,28,38)/t16-,20-,21-,23?,24-,37?/m1/s1. The Morgan fingerprint density at radius 2 is 2.00 bits per heavy atom. The van der Waals surface area contributed by atoms with Gasteiger partial charge in [0.2, 0.25) is 10.4 Å². The minimum atomic E-state index is -4.34. The van der Waals surface area contributed by atoms with Crippen LogP contribution in [0.5, 0.6) is 5.75 Å². The van der Waals surface area contributed by atoms with Gasteiger partial charge in [-0.15, -0.1) is 6.42 Å². The number of esters is 1. The maximum atomic E-state index is 16.0. The number of alkyl halides is 2. The fourth-order valence-electron chi connectivity index (χ4n) is 3.61. The van der Waals surface area contributed by atoms with Gasteiger partial charge in [0.15, 0.2) is 12.3 Å². The van der Waals surface area contributed by atoms with Crippen LogP contribution < -0.4 is 10.3 Å². The van der Waals surface area contributed by atoms with Crippen LogP contribution in [0.2, 0.25) is 0 Å². The van der Waals surface area contributed by atoms with Gasteiger partial charge in [0.05, 0.1) is 18.2 Å². The van der Waals surface area contributed by atoms with E-state index < -0.39 is 62.2 Å². The van der Waals surface area contributed by atoms with Gasteiger partial charge in [-0.25, -0.2) is 18.3 Å². The summed E-state index contributed by atoms with van der Waals surface area (Å²) in [6, 6.07) is 9.05. The molecule has 10 nitrogen and oxygen atoms in total. The molecule has 14 heteroatoms. The van der Waals surface area contributed by atoms with Gasteiger partial charge in [-0.3, -0.25) is 13.9 Å². The molecule has 1 aromatic carbocycles. The third-order valence-electron chi connectivity index (χ3n) is 5.50. The highest BCUT2D eigenvalue weighted by atomic mass is 32.1. The number of aliphatic hydroxyl groups is 1. The third kappa shape index (κ3) is 6.39. The second-order valence-corrected chi connectivity index (χ2v) is 11.4. The van der Waals surface area contributed by atoms with Crippen LogP contribution in [-0.2, 0) is 23.4 Å². The molecule has 0 radical (unpaired) electrons. The Morgan fingerprint density at radius 3 is 2.58 bits per heavy atom. The lowest BCUT2D eigenvalue weighted by molar-refractivity contribution is -0.203. The number of nitrogen functional groups attached to an aromatic ring is 1. The number of terminal acetylenes is 1. The normalized spacial score (nSPS) is 27.3. The number of halogens is 2. The molecular formula is C24H28F2N3O7PS. The first-order valence-electron chi connectivity index (χ1n) is 11.5. The first-order valence-corrected chi connectivity index (χ1v) is 13.6. The summed E-state index contributed by atoms with van der Waals surface area (Å²) in [4.78, 5) is 16.1. The summed E-state index contributed by atoms with van der Waals surface area (Å²) in [5, 5.41) is 10.6. The first-order chi connectivity index (χ1) is 17.7. The second-order valence-electron chi connectivity index (χ2n) is 8.97. The minimum Gasteiger partial charge on any atom is -0.463 e. The average molecular weight is 572 g/mol. The van der Waals surface area contributed by atoms with Gasteiger partial charge in [-0.05, 0) is 44.3 Å². The summed E-state index contributed by atoms with van der Waals surface area (Å²) in [7, 11) is -4.34. The molecule has 0 saturated carbocycles. The Balaban J connectivity index is 1.89. The van der Waals surface area contributed by atoms with E-state index in [2.05, 4.69) is 4.98 Å². The highest BCUT2D eigenvalue weighted by Crippen LogP contribution is 2.54. The molecule has 1 fully saturated rings. The van der Waals surface area contributed by atoms with Crippen molar-refractivity contribution < 1.29 is 41.8 Å². The number of carbonyl (C=O) groups excluding carboxylic acids is 1. The molecule has 2 heterocycles. The van der Waals surface area contributed by atoms with E-state index in [0.29, 0.717) is 0 Å². The molecule has 0 spiro atoms. The zero-order valence-corrected chi connectivity index (χ0v) is 22.5. The summed E-state index contributed by atoms with van der Waals surface area (Å²) < 4.78 is 67.3. The minimum absolute atomic E-state index is 0.00826. The molecule has 1 aromatic heterocycles. The van der Waals surface area contributed by atoms with Gasteiger partial charge in [0, 0.05) is 6.20 Å². The Hall–Kier alpha value is -2.88. The molecule has 206 valence electrons. The van der Waals surface area contributed by atoms with Crippen LogP contribution in [0.1, 0.15) is 27.0 Å². The molecule has 2 aromatic rings. The largest absolute Gasteiger partial charge is 0.463 e. The van der Waals surface area contributed by atoms with E-state index in [1.165, 1.54) is 31.3 Å². The molecule has 3 rings (SSSR count). The Kier molecular flexibility index (Phi) is 8.96. The van der Waals surface area contributed by atoms with Gasteiger partial charge in [0.1, 0.15) is 18.2 Å². The molecule has 38 heavy (non-hydrogen) atoms. The summed E-state index contributed by atoms with van der Waals surface area (Å²) >= 11 is 5.05. The summed E-state index contributed by atoms with van der Waals surface area (Å²) in [6.45, 7) is 3.43. The van der Waals surface area contributed by atoms with Crippen molar-refractivity contribution in [1.29, 1.82) is 0 Å². The number of aliphatic hydroxyl groups excluding tert-OH is 1. The predicted molar refractivity (Wildman–Crippen MR) is 136 cm³/mol. The zero-order valence-electron chi connectivity index (χ0n) is 20.8. The number of para-hydroxylation sites is 1. The van der Waals surface area contributed by atoms with Crippen LogP contribution in [-0.4, -0.2) is 57.1 Å². The van der Waals surface area contributed by atoms with Crippen LogP contribution in [0.3, 0.4) is 0 Å². The SMILES string of the molecule is C#CC1(F)[C@@H](O)[C@@](F)(COP(=O)(C[C@@H](C)C(=O)OC(C)C)Oc2ccccc2)O[C@H]1n1ccc(N)nc1=S. The Morgan fingerprint density at radius 1 is 1.34 bits per heavy atom. The van der Waals surface area contributed by atoms with E-state index in [0.717, 1.165) is 4.57 Å². The van der Waals surface area contributed by atoms with E-state index in [9.17, 15) is 14.5 Å². The van der Waals surface area contributed by atoms with Crippen molar-refractivity contribution in [2.24, 2.45) is 5.92 Å². The maximum Gasteiger partial charge on any atom is 0.380 e. The van der Waals surface area contributed by atoms with E-state index >= 15 is 8.78 Å². The van der Waals surface area contributed by atoms with Crippen molar-refractivity contribution in [3.63, 3.8) is 0 Å². The van der Waals surface area contributed by atoms with E-state index in [-0.39, 0.29) is 16.3 Å². The summed E-state index contributed by atoms with van der Waals surface area (Å²) in [6.07, 6.45) is 0.959. The quantitative estimate of drug-likeness (QED) is 0.187. The molecule has 1 aliphatic rings. The van der Waals surface area contributed by atoms with E-state index in [1.54, 1.807) is 38.0 Å². The number of rotatable bonds is 10. The van der Waals surface area contributed by atoms with E-state index in [4.69, 9.17) is 42.9 Å². The fraction of sp³-hybridized carbons (Fsp3) is 0.458. The lowest BCUT2D eigenvalue weighted by Crippen LogP contribution is -2.47. The van der Waals surface area contributed by atoms with Crippen LogP contribution in [0.15, 0.2) is 42.6 Å². The van der Waals surface area contributed by atoms with Crippen LogP contribution in [0.4, 0.5) is 14.6 Å².